The molecule has 116 valence electrons. The van der Waals surface area contributed by atoms with Crippen LogP contribution in [0.2, 0.25) is 0 Å². The van der Waals surface area contributed by atoms with Crippen molar-refractivity contribution in [3.8, 4) is 5.75 Å². The average molecular weight is 303 g/mol. The van der Waals surface area contributed by atoms with Gasteiger partial charge >= 0.3 is 5.76 Å². The Balaban J connectivity index is 1.71. The summed E-state index contributed by atoms with van der Waals surface area (Å²) < 4.78 is 10.2. The van der Waals surface area contributed by atoms with E-state index in [4.69, 9.17) is 4.74 Å². The van der Waals surface area contributed by atoms with Crippen molar-refractivity contribution in [1.82, 2.24) is 15.0 Å². The van der Waals surface area contributed by atoms with E-state index in [0.29, 0.717) is 29.7 Å². The number of ether oxygens (including phenoxy) is 1. The Labute approximate surface area is 126 Å². The maximum atomic E-state index is 12.5. The number of amides is 1. The van der Waals surface area contributed by atoms with Gasteiger partial charge < -0.3 is 9.64 Å². The monoisotopic (exact) mass is 303 g/mol. The van der Waals surface area contributed by atoms with E-state index in [9.17, 15) is 9.59 Å². The molecule has 0 atom stereocenters. The number of aromatic nitrogens is 2. The van der Waals surface area contributed by atoms with Crippen LogP contribution in [-0.2, 0) is 6.54 Å². The molecule has 1 saturated carbocycles. The van der Waals surface area contributed by atoms with Crippen molar-refractivity contribution in [2.24, 2.45) is 5.92 Å². The molecule has 0 saturated heterocycles. The molecule has 22 heavy (non-hydrogen) atoms. The number of benzene rings is 1. The minimum Gasteiger partial charge on any atom is -0.492 e. The van der Waals surface area contributed by atoms with Crippen LogP contribution >= 0.6 is 0 Å². The van der Waals surface area contributed by atoms with Gasteiger partial charge in [0.05, 0.1) is 18.7 Å². The van der Waals surface area contributed by atoms with Crippen LogP contribution in [0, 0.1) is 5.92 Å². The first-order valence-electron chi connectivity index (χ1n) is 7.15. The minimum absolute atomic E-state index is 0.154. The van der Waals surface area contributed by atoms with Crippen LogP contribution in [0.15, 0.2) is 33.6 Å². The Morgan fingerprint density at radius 2 is 2.23 bits per heavy atom. The summed E-state index contributed by atoms with van der Waals surface area (Å²) in [6.07, 6.45) is 2.38. The van der Waals surface area contributed by atoms with E-state index in [0.717, 1.165) is 0 Å². The smallest absolute Gasteiger partial charge is 0.438 e. The molecule has 0 spiro atoms. The predicted molar refractivity (Wildman–Crippen MR) is 77.6 cm³/mol. The first kappa shape index (κ1) is 14.4. The topological polar surface area (TPSA) is 88.4 Å². The highest BCUT2D eigenvalue weighted by Crippen LogP contribution is 2.30. The molecule has 1 aliphatic carbocycles. The summed E-state index contributed by atoms with van der Waals surface area (Å²) in [6, 6.07) is 7.16. The number of hydrogen-bond acceptors (Lipinski definition) is 5. The first-order chi connectivity index (χ1) is 10.6. The van der Waals surface area contributed by atoms with Crippen LogP contribution in [-0.4, -0.2) is 34.6 Å². The molecular formula is C15H17N3O4. The summed E-state index contributed by atoms with van der Waals surface area (Å²) >= 11 is 0. The van der Waals surface area contributed by atoms with E-state index in [2.05, 4.69) is 14.7 Å². The average Bonchev–Trinajstić information content (AvgIpc) is 3.26. The van der Waals surface area contributed by atoms with Gasteiger partial charge in [-0.25, -0.2) is 4.79 Å². The van der Waals surface area contributed by atoms with Gasteiger partial charge in [-0.15, -0.1) is 0 Å². The standard InChI is InChI=1S/C15H17N3O4/c1-18(8-13-16-15(20)22-17-13)14(19)11-4-2-3-5-12(11)21-9-10-6-7-10/h2-5,10H,6-9H2,1H3,(H,16,17,20). The van der Waals surface area contributed by atoms with Gasteiger partial charge in [0.2, 0.25) is 0 Å². The second-order valence-electron chi connectivity index (χ2n) is 5.45. The second kappa shape index (κ2) is 6.05. The molecule has 1 aromatic heterocycles. The Morgan fingerprint density at radius 1 is 1.45 bits per heavy atom. The fourth-order valence-electron chi connectivity index (χ4n) is 2.09. The number of aromatic amines is 1. The third-order valence-corrected chi connectivity index (χ3v) is 3.51. The van der Waals surface area contributed by atoms with Gasteiger partial charge in [0, 0.05) is 7.05 Å². The van der Waals surface area contributed by atoms with E-state index >= 15 is 0 Å². The summed E-state index contributed by atoms with van der Waals surface area (Å²) in [7, 11) is 1.63. The SMILES string of the molecule is CN(Cc1noc(=O)[nH]1)C(=O)c1ccccc1OCC1CC1. The van der Waals surface area contributed by atoms with Crippen molar-refractivity contribution < 1.29 is 14.1 Å². The molecule has 7 nitrogen and oxygen atoms in total. The number of carbonyl (C=O) groups is 1. The number of H-pyrrole nitrogens is 1. The molecule has 1 fully saturated rings. The van der Waals surface area contributed by atoms with Gasteiger partial charge in [0.25, 0.3) is 5.91 Å². The normalized spacial score (nSPS) is 13.9. The molecule has 1 heterocycles. The van der Waals surface area contributed by atoms with Gasteiger partial charge in [0.15, 0.2) is 5.82 Å². The minimum atomic E-state index is -0.635. The third kappa shape index (κ3) is 3.36. The highest BCUT2D eigenvalue weighted by atomic mass is 16.5. The number of nitrogens with zero attached hydrogens (tertiary/aromatic N) is 2. The van der Waals surface area contributed by atoms with Gasteiger partial charge in [-0.05, 0) is 30.9 Å². The number of nitrogens with one attached hydrogen (secondary N) is 1. The van der Waals surface area contributed by atoms with E-state index in [1.165, 1.54) is 17.7 Å². The predicted octanol–water partition coefficient (Wildman–Crippen LogP) is 1.42. The Morgan fingerprint density at radius 3 is 2.91 bits per heavy atom. The quantitative estimate of drug-likeness (QED) is 0.872. The van der Waals surface area contributed by atoms with E-state index in [1.54, 1.807) is 25.2 Å². The van der Waals surface area contributed by atoms with Gasteiger partial charge in [-0.1, -0.05) is 17.3 Å². The highest BCUT2D eigenvalue weighted by molar-refractivity contribution is 5.96. The summed E-state index contributed by atoms with van der Waals surface area (Å²) in [4.78, 5) is 27.3. The molecule has 0 aliphatic heterocycles. The van der Waals surface area contributed by atoms with Gasteiger partial charge in [-0.2, -0.15) is 0 Å². The summed E-state index contributed by atoms with van der Waals surface area (Å²) in [6.45, 7) is 0.798. The Hall–Kier alpha value is -2.57. The maximum Gasteiger partial charge on any atom is 0.438 e. The lowest BCUT2D eigenvalue weighted by Crippen LogP contribution is -2.27. The van der Waals surface area contributed by atoms with Crippen LogP contribution in [0.25, 0.3) is 0 Å². The fourth-order valence-corrected chi connectivity index (χ4v) is 2.09. The number of para-hydroxylation sites is 1. The lowest BCUT2D eigenvalue weighted by atomic mass is 10.1. The molecule has 0 unspecified atom stereocenters. The Bertz CT molecular complexity index is 717. The van der Waals surface area contributed by atoms with E-state index < -0.39 is 5.76 Å². The lowest BCUT2D eigenvalue weighted by molar-refractivity contribution is 0.0776. The third-order valence-electron chi connectivity index (χ3n) is 3.51. The second-order valence-corrected chi connectivity index (χ2v) is 5.45. The highest BCUT2D eigenvalue weighted by Gasteiger charge is 2.23. The number of hydrogen-bond donors (Lipinski definition) is 1. The number of rotatable bonds is 6. The largest absolute Gasteiger partial charge is 0.492 e. The molecule has 0 radical (unpaired) electrons. The van der Waals surface area contributed by atoms with Crippen LogP contribution < -0.4 is 10.5 Å². The number of carbonyl (C=O) groups excluding carboxylic acids is 1. The molecule has 1 amide bonds. The molecule has 3 rings (SSSR count). The van der Waals surface area contributed by atoms with E-state index in [-0.39, 0.29) is 12.5 Å². The van der Waals surface area contributed by atoms with Crippen LogP contribution in [0.3, 0.4) is 0 Å². The van der Waals surface area contributed by atoms with Crippen molar-refractivity contribution >= 4 is 5.91 Å². The van der Waals surface area contributed by atoms with Crippen LogP contribution in [0.5, 0.6) is 5.75 Å². The molecule has 1 N–H and O–H groups in total. The summed E-state index contributed by atoms with van der Waals surface area (Å²) in [5, 5.41) is 3.55. The molecule has 2 aromatic rings. The zero-order chi connectivity index (χ0) is 15.5. The van der Waals surface area contributed by atoms with Crippen molar-refractivity contribution in [2.45, 2.75) is 19.4 Å². The molecule has 7 heteroatoms. The first-order valence-corrected chi connectivity index (χ1v) is 7.15. The molecule has 1 aromatic carbocycles. The molecule has 0 bridgehead atoms. The van der Waals surface area contributed by atoms with Gasteiger partial charge in [0.1, 0.15) is 5.75 Å². The van der Waals surface area contributed by atoms with Crippen LogP contribution in [0.1, 0.15) is 29.0 Å². The van der Waals surface area contributed by atoms with Gasteiger partial charge in [-0.3, -0.25) is 14.3 Å². The fraction of sp³-hybridized carbons (Fsp3) is 0.400. The zero-order valence-corrected chi connectivity index (χ0v) is 12.2. The Kier molecular flexibility index (Phi) is 3.95. The van der Waals surface area contributed by atoms with E-state index in [1.807, 2.05) is 6.07 Å². The van der Waals surface area contributed by atoms with Crippen molar-refractivity contribution in [2.75, 3.05) is 13.7 Å². The summed E-state index contributed by atoms with van der Waals surface area (Å²) in [5.74, 6) is 0.664. The maximum absolute atomic E-state index is 12.5. The molecule has 1 aliphatic rings. The van der Waals surface area contributed by atoms with Crippen molar-refractivity contribution in [1.29, 1.82) is 0 Å². The summed E-state index contributed by atoms with van der Waals surface area (Å²) in [5.41, 5.74) is 0.497. The van der Waals surface area contributed by atoms with Crippen LogP contribution in [0.4, 0.5) is 0 Å². The zero-order valence-electron chi connectivity index (χ0n) is 12.2. The molecular weight excluding hydrogens is 286 g/mol. The van der Waals surface area contributed by atoms with Crippen molar-refractivity contribution in [3.05, 3.63) is 46.2 Å². The lowest BCUT2D eigenvalue weighted by Gasteiger charge is -2.17. The van der Waals surface area contributed by atoms with Crippen molar-refractivity contribution in [3.63, 3.8) is 0 Å².